The summed E-state index contributed by atoms with van der Waals surface area (Å²) in [6.45, 7) is 4.08. The van der Waals surface area contributed by atoms with Crippen molar-refractivity contribution in [3.8, 4) is 0 Å². The van der Waals surface area contributed by atoms with Crippen molar-refractivity contribution in [1.82, 2.24) is 19.2 Å². The molecule has 0 aliphatic rings. The van der Waals surface area contributed by atoms with Gasteiger partial charge in [-0.05, 0) is 25.1 Å². The summed E-state index contributed by atoms with van der Waals surface area (Å²) in [6, 6.07) is 5.61. The van der Waals surface area contributed by atoms with E-state index in [2.05, 4.69) is 5.10 Å². The van der Waals surface area contributed by atoms with Gasteiger partial charge < -0.3 is 9.47 Å². The summed E-state index contributed by atoms with van der Waals surface area (Å²) >= 11 is 0. The minimum Gasteiger partial charge on any atom is -0.347 e. The highest BCUT2D eigenvalue weighted by atomic mass is 16.2. The molecule has 96 valence electrons. The molecule has 2 aromatic rings. The maximum Gasteiger partial charge on any atom is 0.270 e. The second-order valence-corrected chi connectivity index (χ2v) is 4.16. The smallest absolute Gasteiger partial charge is 0.270 e. The second-order valence-electron chi connectivity index (χ2n) is 4.16. The average molecular weight is 246 g/mol. The van der Waals surface area contributed by atoms with Crippen molar-refractivity contribution in [3.63, 3.8) is 0 Å². The van der Waals surface area contributed by atoms with E-state index in [-0.39, 0.29) is 5.91 Å². The van der Waals surface area contributed by atoms with Gasteiger partial charge in [0.25, 0.3) is 5.91 Å². The number of carbonyl (C=O) groups excluding carboxylic acids is 1. The molecule has 2 rings (SSSR count). The Labute approximate surface area is 107 Å². The predicted octanol–water partition coefficient (Wildman–Crippen LogP) is 1.38. The van der Waals surface area contributed by atoms with Gasteiger partial charge in [-0.2, -0.15) is 5.10 Å². The molecule has 0 N–H and O–H groups in total. The third-order valence-corrected chi connectivity index (χ3v) is 2.99. The molecule has 5 nitrogen and oxygen atoms in total. The van der Waals surface area contributed by atoms with Crippen LogP contribution in [0.25, 0.3) is 0 Å². The number of aryl methyl sites for hydroxylation is 1. The molecule has 0 aromatic carbocycles. The number of amides is 1. The van der Waals surface area contributed by atoms with Crippen LogP contribution < -0.4 is 0 Å². The Morgan fingerprint density at radius 1 is 1.39 bits per heavy atom. The Bertz CT molecular complexity index is 501. The van der Waals surface area contributed by atoms with Gasteiger partial charge in [0.1, 0.15) is 5.69 Å². The van der Waals surface area contributed by atoms with Gasteiger partial charge in [-0.3, -0.25) is 9.48 Å². The van der Waals surface area contributed by atoms with Crippen molar-refractivity contribution < 1.29 is 4.79 Å². The monoisotopic (exact) mass is 246 g/mol. The lowest BCUT2D eigenvalue weighted by Crippen LogP contribution is -2.34. The minimum absolute atomic E-state index is 0.0668. The molecule has 0 fully saturated rings. The standard InChI is InChI=1S/C13H18N4O/c1-3-16(10-11-17-9-5-7-14-17)13(18)12-6-4-8-15(12)2/h4-9H,3,10-11H2,1-2H3. The van der Waals surface area contributed by atoms with Gasteiger partial charge in [-0.25, -0.2) is 0 Å². The molecule has 1 amide bonds. The van der Waals surface area contributed by atoms with Crippen molar-refractivity contribution in [1.29, 1.82) is 0 Å². The summed E-state index contributed by atoms with van der Waals surface area (Å²) in [4.78, 5) is 14.1. The van der Waals surface area contributed by atoms with E-state index in [0.29, 0.717) is 13.1 Å². The van der Waals surface area contributed by atoms with Crippen LogP contribution in [0.5, 0.6) is 0 Å². The average Bonchev–Trinajstić information content (AvgIpc) is 3.00. The molecule has 0 spiro atoms. The third kappa shape index (κ3) is 2.61. The summed E-state index contributed by atoms with van der Waals surface area (Å²) in [5, 5.41) is 4.14. The summed E-state index contributed by atoms with van der Waals surface area (Å²) in [7, 11) is 1.88. The molecule has 5 heteroatoms. The van der Waals surface area contributed by atoms with Gasteiger partial charge in [0.15, 0.2) is 0 Å². The zero-order valence-corrected chi connectivity index (χ0v) is 10.8. The zero-order chi connectivity index (χ0) is 13.0. The fourth-order valence-electron chi connectivity index (χ4n) is 1.90. The maximum atomic E-state index is 12.3. The molecular formula is C13H18N4O. The first kappa shape index (κ1) is 12.4. The SMILES string of the molecule is CCN(CCn1cccn1)C(=O)c1cccn1C. The van der Waals surface area contributed by atoms with Crippen molar-refractivity contribution in [2.45, 2.75) is 13.5 Å². The molecule has 0 atom stereocenters. The fourth-order valence-corrected chi connectivity index (χ4v) is 1.90. The Hall–Kier alpha value is -2.04. The van der Waals surface area contributed by atoms with Gasteiger partial charge >= 0.3 is 0 Å². The number of rotatable bonds is 5. The number of likely N-dealkylation sites (N-methyl/N-ethyl adjacent to an activating group) is 1. The number of hydrogen-bond acceptors (Lipinski definition) is 2. The van der Waals surface area contributed by atoms with E-state index < -0.39 is 0 Å². The maximum absolute atomic E-state index is 12.3. The first-order valence-corrected chi connectivity index (χ1v) is 6.10. The van der Waals surface area contributed by atoms with E-state index in [1.54, 1.807) is 6.20 Å². The highest BCUT2D eigenvalue weighted by molar-refractivity contribution is 5.92. The molecule has 0 unspecified atom stereocenters. The number of aromatic nitrogens is 3. The highest BCUT2D eigenvalue weighted by Crippen LogP contribution is 2.05. The largest absolute Gasteiger partial charge is 0.347 e. The molecule has 0 saturated carbocycles. The van der Waals surface area contributed by atoms with Gasteiger partial charge in [-0.1, -0.05) is 0 Å². The Kier molecular flexibility index (Phi) is 3.82. The Morgan fingerprint density at radius 3 is 2.78 bits per heavy atom. The molecular weight excluding hydrogens is 228 g/mol. The van der Waals surface area contributed by atoms with E-state index in [0.717, 1.165) is 12.2 Å². The fraction of sp³-hybridized carbons (Fsp3) is 0.385. The summed E-state index contributed by atoms with van der Waals surface area (Å²) in [6.07, 6.45) is 5.53. The van der Waals surface area contributed by atoms with Gasteiger partial charge in [0.2, 0.25) is 0 Å². The zero-order valence-electron chi connectivity index (χ0n) is 10.8. The number of nitrogens with zero attached hydrogens (tertiary/aromatic N) is 4. The first-order chi connectivity index (χ1) is 8.72. The van der Waals surface area contributed by atoms with Crippen LogP contribution in [0.1, 0.15) is 17.4 Å². The van der Waals surface area contributed by atoms with Crippen LogP contribution >= 0.6 is 0 Å². The minimum atomic E-state index is 0.0668. The lowest BCUT2D eigenvalue weighted by atomic mass is 10.3. The van der Waals surface area contributed by atoms with E-state index in [9.17, 15) is 4.79 Å². The van der Waals surface area contributed by atoms with Gasteiger partial charge in [0.05, 0.1) is 6.54 Å². The van der Waals surface area contributed by atoms with Crippen LogP contribution in [0.2, 0.25) is 0 Å². The molecule has 0 saturated heterocycles. The third-order valence-electron chi connectivity index (χ3n) is 2.99. The van der Waals surface area contributed by atoms with Crippen molar-refractivity contribution >= 4 is 5.91 Å². The summed E-state index contributed by atoms with van der Waals surface area (Å²) in [5.41, 5.74) is 0.720. The van der Waals surface area contributed by atoms with E-state index >= 15 is 0 Å². The lowest BCUT2D eigenvalue weighted by molar-refractivity contribution is 0.0748. The molecule has 2 heterocycles. The van der Waals surface area contributed by atoms with Crippen molar-refractivity contribution in [3.05, 3.63) is 42.5 Å². The molecule has 0 aliphatic carbocycles. The normalized spacial score (nSPS) is 10.6. The van der Waals surface area contributed by atoms with E-state index in [1.807, 2.05) is 58.7 Å². The van der Waals surface area contributed by atoms with Gasteiger partial charge in [0, 0.05) is 38.7 Å². The summed E-state index contributed by atoms with van der Waals surface area (Å²) < 4.78 is 3.68. The van der Waals surface area contributed by atoms with Crippen LogP contribution in [-0.4, -0.2) is 38.2 Å². The highest BCUT2D eigenvalue weighted by Gasteiger charge is 2.16. The Morgan fingerprint density at radius 2 is 2.22 bits per heavy atom. The predicted molar refractivity (Wildman–Crippen MR) is 69.2 cm³/mol. The van der Waals surface area contributed by atoms with Crippen LogP contribution in [0.4, 0.5) is 0 Å². The van der Waals surface area contributed by atoms with Crippen molar-refractivity contribution in [2.75, 3.05) is 13.1 Å². The molecule has 0 radical (unpaired) electrons. The molecule has 0 bridgehead atoms. The number of hydrogen-bond donors (Lipinski definition) is 0. The van der Waals surface area contributed by atoms with Gasteiger partial charge in [-0.15, -0.1) is 0 Å². The van der Waals surface area contributed by atoms with E-state index in [1.165, 1.54) is 0 Å². The Balaban J connectivity index is 2.00. The second kappa shape index (κ2) is 5.53. The van der Waals surface area contributed by atoms with E-state index in [4.69, 9.17) is 0 Å². The quantitative estimate of drug-likeness (QED) is 0.800. The first-order valence-electron chi connectivity index (χ1n) is 6.10. The van der Waals surface area contributed by atoms with Crippen molar-refractivity contribution in [2.24, 2.45) is 7.05 Å². The van der Waals surface area contributed by atoms with Crippen LogP contribution in [0.15, 0.2) is 36.8 Å². The molecule has 18 heavy (non-hydrogen) atoms. The number of carbonyl (C=O) groups is 1. The van der Waals surface area contributed by atoms with Crippen LogP contribution in [-0.2, 0) is 13.6 Å². The molecule has 2 aromatic heterocycles. The lowest BCUT2D eigenvalue weighted by Gasteiger charge is -2.21. The van der Waals surface area contributed by atoms with Crippen LogP contribution in [0, 0.1) is 0 Å². The topological polar surface area (TPSA) is 43.1 Å². The molecule has 0 aliphatic heterocycles. The summed E-state index contributed by atoms with van der Waals surface area (Å²) in [5.74, 6) is 0.0668. The van der Waals surface area contributed by atoms with Crippen LogP contribution in [0.3, 0.4) is 0 Å².